The highest BCUT2D eigenvalue weighted by Crippen LogP contribution is 2.32. The Kier molecular flexibility index (Phi) is 5.98. The Labute approximate surface area is 159 Å². The van der Waals surface area contributed by atoms with E-state index in [1.54, 1.807) is 24.0 Å². The molecule has 2 atom stereocenters. The maximum absolute atomic E-state index is 13.0. The third-order valence-electron chi connectivity index (χ3n) is 5.56. The number of amides is 3. The van der Waals surface area contributed by atoms with Crippen LogP contribution in [0.1, 0.15) is 25.7 Å². The standard InChI is InChI=1S/C20H27N3O4/c1-21-19(25)16-8-3-4-9-17(16)20(26)22-10-11-23(18(24)13-22)14-6-5-7-15(12-14)27-2/h5-7,12,16-17H,3-4,8-11,13H2,1-2H3,(H,21,25)/t16-,17+/m1/s1. The highest BCUT2D eigenvalue weighted by atomic mass is 16.5. The number of nitrogens with zero attached hydrogens (tertiary/aromatic N) is 2. The van der Waals surface area contributed by atoms with Gasteiger partial charge in [0.15, 0.2) is 0 Å². The summed E-state index contributed by atoms with van der Waals surface area (Å²) < 4.78 is 5.22. The summed E-state index contributed by atoms with van der Waals surface area (Å²) in [6.07, 6.45) is 3.35. The molecule has 146 valence electrons. The van der Waals surface area contributed by atoms with Crippen molar-refractivity contribution in [1.82, 2.24) is 10.2 Å². The summed E-state index contributed by atoms with van der Waals surface area (Å²) >= 11 is 0. The molecule has 1 heterocycles. The first kappa shape index (κ1) is 19.2. The van der Waals surface area contributed by atoms with E-state index in [2.05, 4.69) is 5.32 Å². The van der Waals surface area contributed by atoms with Gasteiger partial charge in [-0.2, -0.15) is 0 Å². The van der Waals surface area contributed by atoms with Crippen LogP contribution in [0.25, 0.3) is 0 Å². The van der Waals surface area contributed by atoms with E-state index in [0.29, 0.717) is 25.3 Å². The number of carbonyl (C=O) groups excluding carboxylic acids is 3. The number of rotatable bonds is 4. The minimum atomic E-state index is -0.324. The summed E-state index contributed by atoms with van der Waals surface area (Å²) in [6.45, 7) is 0.959. The second-order valence-electron chi connectivity index (χ2n) is 7.12. The number of nitrogens with one attached hydrogen (secondary N) is 1. The second-order valence-corrected chi connectivity index (χ2v) is 7.12. The molecule has 0 aromatic heterocycles. The predicted molar refractivity (Wildman–Crippen MR) is 101 cm³/mol. The number of hydrogen-bond donors (Lipinski definition) is 1. The molecular formula is C20H27N3O4. The first-order valence-electron chi connectivity index (χ1n) is 9.50. The monoisotopic (exact) mass is 373 g/mol. The van der Waals surface area contributed by atoms with Crippen molar-refractivity contribution in [1.29, 1.82) is 0 Å². The van der Waals surface area contributed by atoms with Crippen LogP contribution in [0.3, 0.4) is 0 Å². The quantitative estimate of drug-likeness (QED) is 0.866. The first-order chi connectivity index (χ1) is 13.0. The number of piperazine rings is 1. The molecule has 1 aliphatic carbocycles. The van der Waals surface area contributed by atoms with Crippen LogP contribution in [0.5, 0.6) is 5.75 Å². The third kappa shape index (κ3) is 4.07. The van der Waals surface area contributed by atoms with E-state index in [0.717, 1.165) is 24.9 Å². The maximum Gasteiger partial charge on any atom is 0.246 e. The molecule has 1 aliphatic heterocycles. The van der Waals surface area contributed by atoms with E-state index in [9.17, 15) is 14.4 Å². The molecular weight excluding hydrogens is 346 g/mol. The zero-order valence-electron chi connectivity index (χ0n) is 15.9. The lowest BCUT2D eigenvalue weighted by atomic mass is 9.77. The van der Waals surface area contributed by atoms with Crippen molar-refractivity contribution in [3.05, 3.63) is 24.3 Å². The van der Waals surface area contributed by atoms with E-state index < -0.39 is 0 Å². The van der Waals surface area contributed by atoms with Crippen molar-refractivity contribution in [2.75, 3.05) is 38.7 Å². The molecule has 0 unspecified atom stereocenters. The van der Waals surface area contributed by atoms with Crippen LogP contribution in [-0.4, -0.2) is 56.4 Å². The number of ether oxygens (including phenoxy) is 1. The Bertz CT molecular complexity index is 721. The molecule has 0 bridgehead atoms. The minimum absolute atomic E-state index is 0.0486. The fraction of sp³-hybridized carbons (Fsp3) is 0.550. The van der Waals surface area contributed by atoms with Crippen LogP contribution >= 0.6 is 0 Å². The molecule has 1 N–H and O–H groups in total. The van der Waals surface area contributed by atoms with E-state index in [4.69, 9.17) is 4.74 Å². The summed E-state index contributed by atoms with van der Waals surface area (Å²) in [5.41, 5.74) is 0.771. The van der Waals surface area contributed by atoms with Crippen molar-refractivity contribution in [2.24, 2.45) is 11.8 Å². The van der Waals surface area contributed by atoms with Crippen LogP contribution in [0.2, 0.25) is 0 Å². The molecule has 27 heavy (non-hydrogen) atoms. The number of methoxy groups -OCH3 is 1. The fourth-order valence-electron chi connectivity index (χ4n) is 4.07. The van der Waals surface area contributed by atoms with E-state index in [-0.39, 0.29) is 36.1 Å². The van der Waals surface area contributed by atoms with Gasteiger partial charge in [0.25, 0.3) is 0 Å². The van der Waals surface area contributed by atoms with E-state index in [1.807, 2.05) is 24.3 Å². The molecule has 0 radical (unpaired) electrons. The van der Waals surface area contributed by atoms with Crippen molar-refractivity contribution < 1.29 is 19.1 Å². The highest BCUT2D eigenvalue weighted by Gasteiger charge is 2.39. The maximum atomic E-state index is 13.0. The van der Waals surface area contributed by atoms with Crippen molar-refractivity contribution in [2.45, 2.75) is 25.7 Å². The van der Waals surface area contributed by atoms with E-state index >= 15 is 0 Å². The molecule has 1 saturated carbocycles. The lowest BCUT2D eigenvalue weighted by Gasteiger charge is -2.38. The normalized spacial score (nSPS) is 23.1. The van der Waals surface area contributed by atoms with Gasteiger partial charge in [0.05, 0.1) is 7.11 Å². The van der Waals surface area contributed by atoms with Gasteiger partial charge in [-0.15, -0.1) is 0 Å². The van der Waals surface area contributed by atoms with Crippen molar-refractivity contribution >= 4 is 23.4 Å². The predicted octanol–water partition coefficient (Wildman–Crippen LogP) is 1.42. The average molecular weight is 373 g/mol. The molecule has 3 rings (SSSR count). The SMILES string of the molecule is CNC(=O)[C@@H]1CCCC[C@@H]1C(=O)N1CCN(c2cccc(OC)c2)C(=O)C1. The zero-order valence-corrected chi connectivity index (χ0v) is 15.9. The molecule has 1 aromatic rings. The van der Waals surface area contributed by atoms with Gasteiger partial charge in [0.1, 0.15) is 12.3 Å². The van der Waals surface area contributed by atoms with Gasteiger partial charge in [-0.3, -0.25) is 14.4 Å². The van der Waals surface area contributed by atoms with Crippen LogP contribution in [-0.2, 0) is 14.4 Å². The Hall–Kier alpha value is -2.57. The third-order valence-corrected chi connectivity index (χ3v) is 5.56. The largest absolute Gasteiger partial charge is 0.497 e. The Morgan fingerprint density at radius 1 is 1.15 bits per heavy atom. The summed E-state index contributed by atoms with van der Waals surface area (Å²) in [5, 5.41) is 2.67. The number of carbonyl (C=O) groups is 3. The van der Waals surface area contributed by atoms with Gasteiger partial charge in [0.2, 0.25) is 17.7 Å². The average Bonchev–Trinajstić information content (AvgIpc) is 2.72. The molecule has 7 nitrogen and oxygen atoms in total. The Morgan fingerprint density at radius 3 is 2.56 bits per heavy atom. The van der Waals surface area contributed by atoms with Crippen molar-refractivity contribution in [3.63, 3.8) is 0 Å². The van der Waals surface area contributed by atoms with Gasteiger partial charge < -0.3 is 19.9 Å². The van der Waals surface area contributed by atoms with Gasteiger partial charge >= 0.3 is 0 Å². The van der Waals surface area contributed by atoms with Crippen LogP contribution in [0, 0.1) is 11.8 Å². The lowest BCUT2D eigenvalue weighted by Crippen LogP contribution is -2.55. The fourth-order valence-corrected chi connectivity index (χ4v) is 4.07. The summed E-state index contributed by atoms with van der Waals surface area (Å²) in [7, 11) is 3.19. The van der Waals surface area contributed by atoms with Crippen LogP contribution in [0.4, 0.5) is 5.69 Å². The molecule has 2 fully saturated rings. The molecule has 7 heteroatoms. The molecule has 3 amide bonds. The van der Waals surface area contributed by atoms with Gasteiger partial charge in [-0.1, -0.05) is 18.9 Å². The van der Waals surface area contributed by atoms with E-state index in [1.165, 1.54) is 0 Å². The van der Waals surface area contributed by atoms with Gasteiger partial charge in [0, 0.05) is 43.7 Å². The van der Waals surface area contributed by atoms with Crippen LogP contribution < -0.4 is 15.0 Å². The number of anilines is 1. The zero-order chi connectivity index (χ0) is 19.4. The number of hydrogen-bond acceptors (Lipinski definition) is 4. The molecule has 2 aliphatic rings. The minimum Gasteiger partial charge on any atom is -0.497 e. The Balaban J connectivity index is 1.68. The second kappa shape index (κ2) is 8.41. The summed E-state index contributed by atoms with van der Waals surface area (Å²) in [4.78, 5) is 41.2. The summed E-state index contributed by atoms with van der Waals surface area (Å²) in [6, 6.07) is 7.35. The molecule has 1 aromatic carbocycles. The molecule has 1 saturated heterocycles. The molecule has 0 spiro atoms. The van der Waals surface area contributed by atoms with Gasteiger partial charge in [-0.25, -0.2) is 0 Å². The smallest absolute Gasteiger partial charge is 0.246 e. The van der Waals surface area contributed by atoms with Crippen LogP contribution in [0.15, 0.2) is 24.3 Å². The summed E-state index contributed by atoms with van der Waals surface area (Å²) in [5.74, 6) is -0.182. The highest BCUT2D eigenvalue weighted by molar-refractivity contribution is 5.99. The Morgan fingerprint density at radius 2 is 1.89 bits per heavy atom. The first-order valence-corrected chi connectivity index (χ1v) is 9.50. The lowest BCUT2D eigenvalue weighted by molar-refractivity contribution is -0.146. The van der Waals surface area contributed by atoms with Gasteiger partial charge in [-0.05, 0) is 25.0 Å². The topological polar surface area (TPSA) is 79.0 Å². The van der Waals surface area contributed by atoms with Crippen molar-refractivity contribution in [3.8, 4) is 5.75 Å². The number of benzene rings is 1.